The van der Waals surface area contributed by atoms with E-state index in [4.69, 9.17) is 4.42 Å². The second-order valence-electron chi connectivity index (χ2n) is 3.01. The Kier molecular flexibility index (Phi) is 35.8. The normalized spacial score (nSPS) is 7.06. The SMILES string of the molecule is C=CC.CC.CC.CC.Cc1ccc(C(C)C)o1. The van der Waals surface area contributed by atoms with Gasteiger partial charge in [-0.25, -0.2) is 0 Å². The molecule has 0 saturated carbocycles. The minimum absolute atomic E-state index is 0.513. The highest BCUT2D eigenvalue weighted by molar-refractivity contribution is 5.08. The molecule has 1 aromatic heterocycles. The zero-order valence-corrected chi connectivity index (χ0v) is 14.4. The minimum atomic E-state index is 0.513. The van der Waals surface area contributed by atoms with Gasteiger partial charge in [-0.3, -0.25) is 0 Å². The van der Waals surface area contributed by atoms with Crippen LogP contribution in [0.15, 0.2) is 29.2 Å². The van der Waals surface area contributed by atoms with Crippen molar-refractivity contribution >= 4 is 0 Å². The zero-order chi connectivity index (χ0) is 15.6. The van der Waals surface area contributed by atoms with Gasteiger partial charge in [0.1, 0.15) is 11.5 Å². The number of aryl methyl sites for hydroxylation is 1. The Labute approximate surface area is 116 Å². The summed E-state index contributed by atoms with van der Waals surface area (Å²) in [6.07, 6.45) is 1.75. The lowest BCUT2D eigenvalue weighted by atomic mass is 10.2. The van der Waals surface area contributed by atoms with E-state index < -0.39 is 0 Å². The molecule has 0 radical (unpaired) electrons. The molecule has 0 amide bonds. The van der Waals surface area contributed by atoms with Crippen LogP contribution in [0.5, 0.6) is 0 Å². The lowest BCUT2D eigenvalue weighted by Crippen LogP contribution is -1.79. The molecule has 0 fully saturated rings. The van der Waals surface area contributed by atoms with Crippen molar-refractivity contribution < 1.29 is 4.42 Å². The van der Waals surface area contributed by atoms with Crippen molar-refractivity contribution in [1.82, 2.24) is 0 Å². The van der Waals surface area contributed by atoms with E-state index in [1.807, 2.05) is 67.5 Å². The van der Waals surface area contributed by atoms with Crippen LogP contribution in [0.1, 0.15) is 79.8 Å². The predicted octanol–water partition coefficient (Wildman–Crippen LogP) is 6.98. The van der Waals surface area contributed by atoms with Crippen molar-refractivity contribution in [3.05, 3.63) is 36.3 Å². The van der Waals surface area contributed by atoms with Crippen LogP contribution in [-0.4, -0.2) is 0 Å². The van der Waals surface area contributed by atoms with Crippen LogP contribution in [0.3, 0.4) is 0 Å². The summed E-state index contributed by atoms with van der Waals surface area (Å²) in [7, 11) is 0. The first-order chi connectivity index (χ1) is 8.61. The van der Waals surface area contributed by atoms with E-state index in [-0.39, 0.29) is 0 Å². The molecule has 0 aliphatic carbocycles. The maximum absolute atomic E-state index is 5.34. The molecule has 0 spiro atoms. The summed E-state index contributed by atoms with van der Waals surface area (Å²) in [6, 6.07) is 4.02. The summed E-state index contributed by atoms with van der Waals surface area (Å²) < 4.78 is 5.34. The molecular formula is C17H36O. The Bertz CT molecular complexity index is 221. The molecule has 0 saturated heterocycles. The minimum Gasteiger partial charge on any atom is -0.466 e. The summed E-state index contributed by atoms with van der Waals surface area (Å²) in [5, 5.41) is 0. The molecule has 1 heteroatoms. The van der Waals surface area contributed by atoms with Crippen LogP contribution in [0.25, 0.3) is 0 Å². The van der Waals surface area contributed by atoms with Crippen molar-refractivity contribution in [2.75, 3.05) is 0 Å². The molecule has 18 heavy (non-hydrogen) atoms. The average Bonchev–Trinajstić information content (AvgIpc) is 2.85. The molecule has 0 aromatic carbocycles. The lowest BCUT2D eigenvalue weighted by molar-refractivity contribution is 0.463. The second kappa shape index (κ2) is 25.0. The lowest BCUT2D eigenvalue weighted by Gasteiger charge is -1.96. The van der Waals surface area contributed by atoms with Gasteiger partial charge in [0.2, 0.25) is 0 Å². The molecular weight excluding hydrogens is 220 g/mol. The van der Waals surface area contributed by atoms with Gasteiger partial charge in [0, 0.05) is 5.92 Å². The van der Waals surface area contributed by atoms with Crippen molar-refractivity contribution in [3.63, 3.8) is 0 Å². The molecule has 110 valence electrons. The van der Waals surface area contributed by atoms with Gasteiger partial charge < -0.3 is 4.42 Å². The third kappa shape index (κ3) is 20.4. The molecule has 1 nitrogen and oxygen atoms in total. The van der Waals surface area contributed by atoms with E-state index in [1.165, 1.54) is 0 Å². The second-order valence-corrected chi connectivity index (χ2v) is 3.01. The van der Waals surface area contributed by atoms with Gasteiger partial charge >= 0.3 is 0 Å². The molecule has 0 unspecified atom stereocenters. The van der Waals surface area contributed by atoms with Crippen molar-refractivity contribution in [2.45, 2.75) is 75.2 Å². The smallest absolute Gasteiger partial charge is 0.106 e. The Morgan fingerprint density at radius 1 is 1.00 bits per heavy atom. The van der Waals surface area contributed by atoms with Gasteiger partial charge in [-0.2, -0.15) is 0 Å². The third-order valence-electron chi connectivity index (χ3n) is 1.33. The Balaban J connectivity index is -0.0000000925. The first-order valence-electron chi connectivity index (χ1n) is 7.25. The van der Waals surface area contributed by atoms with Crippen molar-refractivity contribution in [1.29, 1.82) is 0 Å². The van der Waals surface area contributed by atoms with Gasteiger partial charge in [-0.05, 0) is 26.0 Å². The monoisotopic (exact) mass is 256 g/mol. The number of hydrogen-bond acceptors (Lipinski definition) is 1. The number of allylic oxidation sites excluding steroid dienone is 1. The Morgan fingerprint density at radius 3 is 1.44 bits per heavy atom. The third-order valence-corrected chi connectivity index (χ3v) is 1.33. The fourth-order valence-corrected chi connectivity index (χ4v) is 0.764. The van der Waals surface area contributed by atoms with Gasteiger partial charge in [-0.1, -0.05) is 61.5 Å². The highest BCUT2D eigenvalue weighted by atomic mass is 16.3. The largest absolute Gasteiger partial charge is 0.466 e. The van der Waals surface area contributed by atoms with Crippen LogP contribution in [0, 0.1) is 6.92 Å². The van der Waals surface area contributed by atoms with Crippen LogP contribution < -0.4 is 0 Å². The predicted molar refractivity (Wildman–Crippen MR) is 87.4 cm³/mol. The topological polar surface area (TPSA) is 13.1 Å². The van der Waals surface area contributed by atoms with Gasteiger partial charge in [-0.15, -0.1) is 6.58 Å². The maximum Gasteiger partial charge on any atom is 0.106 e. The molecule has 0 atom stereocenters. The van der Waals surface area contributed by atoms with E-state index in [1.54, 1.807) is 6.08 Å². The number of furan rings is 1. The first-order valence-corrected chi connectivity index (χ1v) is 7.25. The fourth-order valence-electron chi connectivity index (χ4n) is 0.764. The van der Waals surface area contributed by atoms with Gasteiger partial charge in [0.15, 0.2) is 0 Å². The van der Waals surface area contributed by atoms with E-state index in [9.17, 15) is 0 Å². The molecule has 1 rings (SSSR count). The van der Waals surface area contributed by atoms with E-state index >= 15 is 0 Å². The highest BCUT2D eigenvalue weighted by Crippen LogP contribution is 2.16. The van der Waals surface area contributed by atoms with Crippen LogP contribution in [0.4, 0.5) is 0 Å². The zero-order valence-electron chi connectivity index (χ0n) is 14.4. The van der Waals surface area contributed by atoms with E-state index in [0.29, 0.717) is 5.92 Å². The molecule has 1 aromatic rings. The van der Waals surface area contributed by atoms with Crippen molar-refractivity contribution in [3.8, 4) is 0 Å². The molecule has 0 aliphatic heterocycles. The van der Waals surface area contributed by atoms with Crippen LogP contribution in [-0.2, 0) is 0 Å². The summed E-state index contributed by atoms with van der Waals surface area (Å²) in [5.74, 6) is 2.59. The maximum atomic E-state index is 5.34. The highest BCUT2D eigenvalue weighted by Gasteiger charge is 2.01. The van der Waals surface area contributed by atoms with E-state index in [2.05, 4.69) is 20.4 Å². The standard InChI is InChI=1S/C8H12O.C3H6.3C2H6/c1-6(2)8-5-4-7(3)9-8;1-3-2;3*1-2/h4-6H,1-3H3;3H,1H2,2H3;3*1-2H3. The molecule has 0 aliphatic rings. The fraction of sp³-hybridized carbons (Fsp3) is 0.647. The van der Waals surface area contributed by atoms with Crippen LogP contribution >= 0.6 is 0 Å². The van der Waals surface area contributed by atoms with E-state index in [0.717, 1.165) is 11.5 Å². The summed E-state index contributed by atoms with van der Waals surface area (Å²) in [4.78, 5) is 0. The number of hydrogen-bond donors (Lipinski definition) is 0. The first kappa shape index (κ1) is 25.8. The van der Waals surface area contributed by atoms with Gasteiger partial charge in [0.05, 0.1) is 0 Å². The Hall–Kier alpha value is -0.980. The van der Waals surface area contributed by atoms with Crippen molar-refractivity contribution in [2.24, 2.45) is 0 Å². The number of rotatable bonds is 1. The Morgan fingerprint density at radius 2 is 1.33 bits per heavy atom. The molecule has 0 bridgehead atoms. The molecule has 1 heterocycles. The molecule has 0 N–H and O–H groups in total. The summed E-state index contributed by atoms with van der Waals surface area (Å²) in [6.45, 7) is 23.5. The van der Waals surface area contributed by atoms with Gasteiger partial charge in [0.25, 0.3) is 0 Å². The van der Waals surface area contributed by atoms with Crippen LogP contribution in [0.2, 0.25) is 0 Å². The quantitative estimate of drug-likeness (QED) is 0.494. The summed E-state index contributed by atoms with van der Waals surface area (Å²) >= 11 is 0. The summed E-state index contributed by atoms with van der Waals surface area (Å²) in [5.41, 5.74) is 0. The average molecular weight is 256 g/mol.